The Balaban J connectivity index is 1.88. The van der Waals surface area contributed by atoms with Crippen molar-refractivity contribution in [1.82, 2.24) is 9.97 Å². The maximum absolute atomic E-state index is 11.8. The highest BCUT2D eigenvalue weighted by Crippen LogP contribution is 2.14. The third-order valence-corrected chi connectivity index (χ3v) is 2.97. The van der Waals surface area contributed by atoms with Crippen LogP contribution in [0, 0.1) is 13.8 Å². The average molecular weight is 243 g/mol. The molecule has 1 aromatic heterocycles. The molecule has 4 heteroatoms. The Bertz CT molecular complexity index is 532. The van der Waals surface area contributed by atoms with Crippen LogP contribution in [-0.4, -0.2) is 15.9 Å². The summed E-state index contributed by atoms with van der Waals surface area (Å²) < 4.78 is 0. The number of benzene rings is 1. The second kappa shape index (κ2) is 5.49. The quantitative estimate of drug-likeness (QED) is 0.867. The molecule has 0 spiro atoms. The number of imidazole rings is 1. The molecule has 4 nitrogen and oxygen atoms in total. The lowest BCUT2D eigenvalue weighted by Crippen LogP contribution is -2.12. The van der Waals surface area contributed by atoms with Crippen LogP contribution in [0.4, 0.5) is 5.69 Å². The van der Waals surface area contributed by atoms with E-state index in [1.165, 1.54) is 11.1 Å². The van der Waals surface area contributed by atoms with Crippen LogP contribution in [0.1, 0.15) is 23.2 Å². The van der Waals surface area contributed by atoms with Crippen molar-refractivity contribution in [1.29, 1.82) is 0 Å². The minimum absolute atomic E-state index is 0.0212. The molecule has 0 aliphatic heterocycles. The number of hydrogen-bond acceptors (Lipinski definition) is 2. The molecule has 0 radical (unpaired) electrons. The van der Waals surface area contributed by atoms with Gasteiger partial charge in [0.2, 0.25) is 5.91 Å². The minimum Gasteiger partial charge on any atom is -0.348 e. The summed E-state index contributed by atoms with van der Waals surface area (Å²) in [5.74, 6) is 0.0212. The first-order valence-corrected chi connectivity index (χ1v) is 5.99. The first-order valence-electron chi connectivity index (χ1n) is 5.99. The molecule has 18 heavy (non-hydrogen) atoms. The molecule has 0 aliphatic carbocycles. The molecule has 2 aromatic rings. The number of aryl methyl sites for hydroxylation is 3. The third kappa shape index (κ3) is 3.20. The lowest BCUT2D eigenvalue weighted by Gasteiger charge is -2.07. The SMILES string of the molecule is Cc1ccc(NC(=O)CCc2cnc[nH]2)cc1C. The maximum atomic E-state index is 11.8. The topological polar surface area (TPSA) is 57.8 Å². The van der Waals surface area contributed by atoms with Crippen molar-refractivity contribution in [2.24, 2.45) is 0 Å². The molecule has 0 atom stereocenters. The fraction of sp³-hybridized carbons (Fsp3) is 0.286. The number of aromatic amines is 1. The number of carbonyl (C=O) groups excluding carboxylic acids is 1. The Morgan fingerprint density at radius 3 is 2.83 bits per heavy atom. The molecule has 0 unspecified atom stereocenters. The summed E-state index contributed by atoms with van der Waals surface area (Å²) >= 11 is 0. The summed E-state index contributed by atoms with van der Waals surface area (Å²) in [6.45, 7) is 4.09. The fourth-order valence-corrected chi connectivity index (χ4v) is 1.71. The fourth-order valence-electron chi connectivity index (χ4n) is 1.71. The number of amides is 1. The summed E-state index contributed by atoms with van der Waals surface area (Å²) in [5.41, 5.74) is 4.24. The molecule has 1 aromatic carbocycles. The average Bonchev–Trinajstić information content (AvgIpc) is 2.84. The zero-order valence-electron chi connectivity index (χ0n) is 10.7. The number of nitrogens with zero attached hydrogens (tertiary/aromatic N) is 1. The van der Waals surface area contributed by atoms with Crippen LogP contribution in [0.3, 0.4) is 0 Å². The van der Waals surface area contributed by atoms with Gasteiger partial charge < -0.3 is 10.3 Å². The number of H-pyrrole nitrogens is 1. The van der Waals surface area contributed by atoms with Crippen LogP contribution < -0.4 is 5.32 Å². The van der Waals surface area contributed by atoms with E-state index in [0.717, 1.165) is 11.4 Å². The van der Waals surface area contributed by atoms with Gasteiger partial charge in [0.25, 0.3) is 0 Å². The largest absolute Gasteiger partial charge is 0.348 e. The smallest absolute Gasteiger partial charge is 0.224 e. The highest BCUT2D eigenvalue weighted by Gasteiger charge is 2.04. The lowest BCUT2D eigenvalue weighted by molar-refractivity contribution is -0.116. The Morgan fingerprint density at radius 1 is 1.33 bits per heavy atom. The monoisotopic (exact) mass is 243 g/mol. The highest BCUT2D eigenvalue weighted by molar-refractivity contribution is 5.90. The van der Waals surface area contributed by atoms with Crippen molar-refractivity contribution < 1.29 is 4.79 Å². The second-order valence-electron chi connectivity index (χ2n) is 4.42. The maximum Gasteiger partial charge on any atom is 0.224 e. The summed E-state index contributed by atoms with van der Waals surface area (Å²) in [6.07, 6.45) is 4.49. The van der Waals surface area contributed by atoms with Gasteiger partial charge in [0.15, 0.2) is 0 Å². The van der Waals surface area contributed by atoms with Gasteiger partial charge in [-0.25, -0.2) is 4.98 Å². The van der Waals surface area contributed by atoms with Crippen LogP contribution in [0.25, 0.3) is 0 Å². The van der Waals surface area contributed by atoms with Crippen LogP contribution >= 0.6 is 0 Å². The van der Waals surface area contributed by atoms with Crippen molar-refractivity contribution in [2.45, 2.75) is 26.7 Å². The highest BCUT2D eigenvalue weighted by atomic mass is 16.1. The molecule has 2 N–H and O–H groups in total. The first kappa shape index (κ1) is 12.4. The number of nitrogens with one attached hydrogen (secondary N) is 2. The molecule has 0 saturated carbocycles. The number of hydrogen-bond donors (Lipinski definition) is 2. The van der Waals surface area contributed by atoms with E-state index in [2.05, 4.69) is 22.2 Å². The van der Waals surface area contributed by atoms with E-state index >= 15 is 0 Å². The van der Waals surface area contributed by atoms with Gasteiger partial charge in [-0.15, -0.1) is 0 Å². The number of anilines is 1. The zero-order chi connectivity index (χ0) is 13.0. The van der Waals surface area contributed by atoms with Crippen LogP contribution in [-0.2, 0) is 11.2 Å². The predicted octanol–water partition coefficient (Wildman–Crippen LogP) is 2.60. The van der Waals surface area contributed by atoms with E-state index in [9.17, 15) is 4.79 Å². The summed E-state index contributed by atoms with van der Waals surface area (Å²) in [7, 11) is 0. The number of rotatable bonds is 4. The van der Waals surface area contributed by atoms with E-state index in [1.807, 2.05) is 25.1 Å². The molecule has 0 fully saturated rings. The normalized spacial score (nSPS) is 10.3. The van der Waals surface area contributed by atoms with Crippen LogP contribution in [0.15, 0.2) is 30.7 Å². The van der Waals surface area contributed by atoms with E-state index in [-0.39, 0.29) is 5.91 Å². The van der Waals surface area contributed by atoms with Crippen molar-refractivity contribution >= 4 is 11.6 Å². The van der Waals surface area contributed by atoms with E-state index in [0.29, 0.717) is 12.8 Å². The molecule has 0 aliphatic rings. The Labute approximate surface area is 106 Å². The summed E-state index contributed by atoms with van der Waals surface area (Å²) in [5, 5.41) is 2.90. The van der Waals surface area contributed by atoms with Gasteiger partial charge in [-0.2, -0.15) is 0 Å². The molecular formula is C14H17N3O. The van der Waals surface area contributed by atoms with Crippen LogP contribution in [0.5, 0.6) is 0 Å². The van der Waals surface area contributed by atoms with Crippen molar-refractivity contribution in [3.8, 4) is 0 Å². The van der Waals surface area contributed by atoms with E-state index < -0.39 is 0 Å². The Hall–Kier alpha value is -2.10. The predicted molar refractivity (Wildman–Crippen MR) is 71.5 cm³/mol. The number of aromatic nitrogens is 2. The van der Waals surface area contributed by atoms with Gasteiger partial charge in [0, 0.05) is 24.0 Å². The van der Waals surface area contributed by atoms with E-state index in [1.54, 1.807) is 12.5 Å². The molecule has 0 bridgehead atoms. The third-order valence-electron chi connectivity index (χ3n) is 2.97. The van der Waals surface area contributed by atoms with Gasteiger partial charge in [-0.3, -0.25) is 4.79 Å². The number of carbonyl (C=O) groups is 1. The standard InChI is InChI=1S/C14H17N3O/c1-10-3-4-12(7-11(10)2)17-14(18)6-5-13-8-15-9-16-13/h3-4,7-9H,5-6H2,1-2H3,(H,15,16)(H,17,18). The van der Waals surface area contributed by atoms with Gasteiger partial charge >= 0.3 is 0 Å². The summed E-state index contributed by atoms with van der Waals surface area (Å²) in [4.78, 5) is 18.7. The first-order chi connectivity index (χ1) is 8.65. The lowest BCUT2D eigenvalue weighted by atomic mass is 10.1. The molecule has 2 rings (SSSR count). The van der Waals surface area contributed by atoms with Gasteiger partial charge in [-0.05, 0) is 43.5 Å². The molecule has 0 saturated heterocycles. The van der Waals surface area contributed by atoms with Crippen molar-refractivity contribution in [3.63, 3.8) is 0 Å². The molecule has 1 amide bonds. The van der Waals surface area contributed by atoms with Crippen molar-refractivity contribution in [3.05, 3.63) is 47.5 Å². The molecule has 94 valence electrons. The van der Waals surface area contributed by atoms with E-state index in [4.69, 9.17) is 0 Å². The van der Waals surface area contributed by atoms with Gasteiger partial charge in [-0.1, -0.05) is 6.07 Å². The van der Waals surface area contributed by atoms with Crippen molar-refractivity contribution in [2.75, 3.05) is 5.32 Å². The Kier molecular flexibility index (Phi) is 3.77. The molecule has 1 heterocycles. The van der Waals surface area contributed by atoms with Gasteiger partial charge in [0.1, 0.15) is 0 Å². The Morgan fingerprint density at radius 2 is 2.17 bits per heavy atom. The second-order valence-corrected chi connectivity index (χ2v) is 4.42. The minimum atomic E-state index is 0.0212. The van der Waals surface area contributed by atoms with Crippen LogP contribution in [0.2, 0.25) is 0 Å². The summed E-state index contributed by atoms with van der Waals surface area (Å²) in [6, 6.07) is 5.93. The van der Waals surface area contributed by atoms with Gasteiger partial charge in [0.05, 0.1) is 6.33 Å². The zero-order valence-corrected chi connectivity index (χ0v) is 10.7. The molecular weight excluding hydrogens is 226 g/mol.